The average molecular weight is 146 g/mol. The number of aliphatic hydroxyl groups excluding tert-OH is 1. The Morgan fingerprint density at radius 2 is 2.40 bits per heavy atom. The van der Waals surface area contributed by atoms with Gasteiger partial charge >= 0.3 is 5.97 Å². The molecule has 0 unspecified atom stereocenters. The summed E-state index contributed by atoms with van der Waals surface area (Å²) < 4.78 is 9.27. The molecule has 4 nitrogen and oxygen atoms in total. The van der Waals surface area contributed by atoms with Crippen LogP contribution < -0.4 is 0 Å². The molecule has 4 heteroatoms. The summed E-state index contributed by atoms with van der Waals surface area (Å²) in [5, 5.41) is 9.06. The highest BCUT2D eigenvalue weighted by Gasteiger charge is 2.33. The number of rotatable bonds is 1. The largest absolute Gasteiger partial charge is 0.469 e. The quantitative estimate of drug-likeness (QED) is 0.490. The fourth-order valence-electron chi connectivity index (χ4n) is 0.919. The van der Waals surface area contributed by atoms with Crippen LogP contribution in [0.3, 0.4) is 0 Å². The van der Waals surface area contributed by atoms with Crippen molar-refractivity contribution in [1.82, 2.24) is 0 Å². The maximum absolute atomic E-state index is 10.8. The molecule has 1 N–H and O–H groups in total. The van der Waals surface area contributed by atoms with Crippen LogP contribution in [-0.4, -0.2) is 37.5 Å². The van der Waals surface area contributed by atoms with Gasteiger partial charge in [0.05, 0.1) is 26.4 Å². The summed E-state index contributed by atoms with van der Waals surface area (Å²) in [6.07, 6.45) is -0.688. The van der Waals surface area contributed by atoms with Crippen molar-refractivity contribution in [2.24, 2.45) is 5.92 Å². The van der Waals surface area contributed by atoms with Gasteiger partial charge in [-0.2, -0.15) is 0 Å². The second kappa shape index (κ2) is 2.98. The molecule has 58 valence electrons. The molecule has 0 aromatic heterocycles. The van der Waals surface area contributed by atoms with Gasteiger partial charge in [-0.15, -0.1) is 0 Å². The highest BCUT2D eigenvalue weighted by molar-refractivity contribution is 5.73. The van der Waals surface area contributed by atoms with Crippen LogP contribution in [0.25, 0.3) is 0 Å². The molecule has 1 rings (SSSR count). The predicted molar refractivity (Wildman–Crippen MR) is 32.3 cm³/mol. The first-order valence-corrected chi connectivity index (χ1v) is 3.09. The molecule has 0 spiro atoms. The van der Waals surface area contributed by atoms with E-state index in [1.54, 1.807) is 0 Å². The van der Waals surface area contributed by atoms with Crippen molar-refractivity contribution >= 4 is 5.97 Å². The predicted octanol–water partition coefficient (Wildman–Crippen LogP) is -0.833. The summed E-state index contributed by atoms with van der Waals surface area (Å²) in [6.45, 7) is 0.508. The standard InChI is InChI=1S/C6H10O4/c1-9-6(8)4-2-10-3-5(4)7/h4-5,7H,2-3H2,1H3/t4-,5-/m0/s1. The molecule has 1 heterocycles. The lowest BCUT2D eigenvalue weighted by molar-refractivity contribution is -0.147. The van der Waals surface area contributed by atoms with Crippen molar-refractivity contribution in [3.63, 3.8) is 0 Å². The van der Waals surface area contributed by atoms with Crippen LogP contribution >= 0.6 is 0 Å². The number of hydrogen-bond acceptors (Lipinski definition) is 4. The Morgan fingerprint density at radius 3 is 2.80 bits per heavy atom. The van der Waals surface area contributed by atoms with Gasteiger partial charge in [0.2, 0.25) is 0 Å². The van der Waals surface area contributed by atoms with E-state index in [-0.39, 0.29) is 13.2 Å². The minimum absolute atomic E-state index is 0.236. The molecular formula is C6H10O4. The zero-order valence-corrected chi connectivity index (χ0v) is 5.74. The van der Waals surface area contributed by atoms with Gasteiger partial charge in [0.1, 0.15) is 5.92 Å². The van der Waals surface area contributed by atoms with E-state index >= 15 is 0 Å². The van der Waals surface area contributed by atoms with Crippen molar-refractivity contribution in [2.75, 3.05) is 20.3 Å². The molecule has 0 radical (unpaired) electrons. The molecule has 0 saturated carbocycles. The molecule has 0 aromatic carbocycles. The Kier molecular flexibility index (Phi) is 2.24. The van der Waals surface area contributed by atoms with E-state index in [0.29, 0.717) is 0 Å². The molecule has 0 amide bonds. The molecule has 0 aromatic rings. The van der Waals surface area contributed by atoms with Gasteiger partial charge in [0, 0.05) is 0 Å². The van der Waals surface area contributed by atoms with Crippen LogP contribution in [0.1, 0.15) is 0 Å². The van der Waals surface area contributed by atoms with E-state index in [1.807, 2.05) is 0 Å². The van der Waals surface area contributed by atoms with Gasteiger partial charge in [0.15, 0.2) is 0 Å². The zero-order valence-electron chi connectivity index (χ0n) is 5.74. The van der Waals surface area contributed by atoms with Crippen LogP contribution in [0.5, 0.6) is 0 Å². The number of carbonyl (C=O) groups is 1. The topological polar surface area (TPSA) is 55.8 Å². The third kappa shape index (κ3) is 1.27. The fourth-order valence-corrected chi connectivity index (χ4v) is 0.919. The van der Waals surface area contributed by atoms with Gasteiger partial charge < -0.3 is 14.6 Å². The molecule has 2 atom stereocenters. The molecule has 0 bridgehead atoms. The van der Waals surface area contributed by atoms with Gasteiger partial charge in [-0.25, -0.2) is 0 Å². The summed E-state index contributed by atoms with van der Waals surface area (Å²) in [4.78, 5) is 10.8. The van der Waals surface area contributed by atoms with Gasteiger partial charge in [-0.05, 0) is 0 Å². The van der Waals surface area contributed by atoms with Gasteiger partial charge in [-0.3, -0.25) is 4.79 Å². The minimum Gasteiger partial charge on any atom is -0.469 e. The molecule has 0 aliphatic carbocycles. The smallest absolute Gasteiger partial charge is 0.313 e. The van der Waals surface area contributed by atoms with Crippen molar-refractivity contribution in [3.05, 3.63) is 0 Å². The van der Waals surface area contributed by atoms with E-state index in [4.69, 9.17) is 9.84 Å². The molecule has 1 aliphatic heterocycles. The monoisotopic (exact) mass is 146 g/mol. The molecule has 10 heavy (non-hydrogen) atoms. The summed E-state index contributed by atoms with van der Waals surface area (Å²) in [5.74, 6) is -0.880. The van der Waals surface area contributed by atoms with Crippen molar-refractivity contribution in [1.29, 1.82) is 0 Å². The number of methoxy groups -OCH3 is 1. The SMILES string of the molecule is COC(=O)[C@H]1COC[C@@H]1O. The lowest BCUT2D eigenvalue weighted by Gasteiger charge is -2.07. The van der Waals surface area contributed by atoms with Crippen LogP contribution in [0.4, 0.5) is 0 Å². The minimum atomic E-state index is -0.688. The average Bonchev–Trinajstić information content (AvgIpc) is 2.34. The number of esters is 1. The highest BCUT2D eigenvalue weighted by Crippen LogP contribution is 2.14. The number of carbonyl (C=O) groups excluding carboxylic acids is 1. The van der Waals surface area contributed by atoms with Crippen LogP contribution in [0.2, 0.25) is 0 Å². The lowest BCUT2D eigenvalue weighted by Crippen LogP contribution is -2.27. The maximum atomic E-state index is 10.8. The fraction of sp³-hybridized carbons (Fsp3) is 0.833. The van der Waals surface area contributed by atoms with Crippen molar-refractivity contribution in [3.8, 4) is 0 Å². The van der Waals surface area contributed by atoms with E-state index in [2.05, 4.69) is 4.74 Å². The first-order chi connectivity index (χ1) is 4.75. The second-order valence-corrected chi connectivity index (χ2v) is 2.23. The Hall–Kier alpha value is -0.610. The lowest BCUT2D eigenvalue weighted by atomic mass is 10.1. The third-order valence-electron chi connectivity index (χ3n) is 1.55. The molecule has 1 aliphatic rings. The number of aliphatic hydroxyl groups is 1. The Balaban J connectivity index is 2.46. The summed E-state index contributed by atoms with van der Waals surface area (Å²) in [7, 11) is 1.30. The van der Waals surface area contributed by atoms with Crippen LogP contribution in [0, 0.1) is 5.92 Å². The van der Waals surface area contributed by atoms with Crippen molar-refractivity contribution < 1.29 is 19.4 Å². The first-order valence-electron chi connectivity index (χ1n) is 3.09. The van der Waals surface area contributed by atoms with E-state index in [0.717, 1.165) is 0 Å². The Labute approximate surface area is 58.7 Å². The Morgan fingerprint density at radius 1 is 1.70 bits per heavy atom. The third-order valence-corrected chi connectivity index (χ3v) is 1.55. The summed E-state index contributed by atoms with van der Waals surface area (Å²) in [6, 6.07) is 0. The van der Waals surface area contributed by atoms with Crippen LogP contribution in [0.15, 0.2) is 0 Å². The zero-order chi connectivity index (χ0) is 7.56. The van der Waals surface area contributed by atoms with E-state index in [9.17, 15) is 4.79 Å². The van der Waals surface area contributed by atoms with Gasteiger partial charge in [-0.1, -0.05) is 0 Å². The Bertz CT molecular complexity index is 134. The second-order valence-electron chi connectivity index (χ2n) is 2.23. The van der Waals surface area contributed by atoms with Crippen LogP contribution in [-0.2, 0) is 14.3 Å². The van der Waals surface area contributed by atoms with E-state index in [1.165, 1.54) is 7.11 Å². The number of ether oxygens (including phenoxy) is 2. The molecule has 1 saturated heterocycles. The highest BCUT2D eigenvalue weighted by atomic mass is 16.5. The normalized spacial score (nSPS) is 32.2. The summed E-state index contributed by atoms with van der Waals surface area (Å²) in [5.41, 5.74) is 0. The first kappa shape index (κ1) is 7.50. The van der Waals surface area contributed by atoms with E-state index < -0.39 is 18.0 Å². The summed E-state index contributed by atoms with van der Waals surface area (Å²) >= 11 is 0. The molecule has 1 fully saturated rings. The van der Waals surface area contributed by atoms with Crippen molar-refractivity contribution in [2.45, 2.75) is 6.10 Å². The van der Waals surface area contributed by atoms with Gasteiger partial charge in [0.25, 0.3) is 0 Å². The maximum Gasteiger partial charge on any atom is 0.313 e. The number of hydrogen-bond donors (Lipinski definition) is 1. The molecular weight excluding hydrogens is 136 g/mol.